The molecular weight excluding hydrogens is 406 g/mol. The molecule has 30 heavy (non-hydrogen) atoms. The van der Waals surface area contributed by atoms with Crippen molar-refractivity contribution in [1.29, 1.82) is 0 Å². The van der Waals surface area contributed by atoms with Crippen LogP contribution in [0.2, 0.25) is 0 Å². The number of benzene rings is 1. The van der Waals surface area contributed by atoms with E-state index in [0.717, 1.165) is 34.4 Å². The molecule has 0 saturated carbocycles. The number of hydrogen-bond donors (Lipinski definition) is 0. The van der Waals surface area contributed by atoms with Gasteiger partial charge in [-0.05, 0) is 37.5 Å². The van der Waals surface area contributed by atoms with Gasteiger partial charge in [-0.25, -0.2) is 0 Å². The Morgan fingerprint density at radius 2 is 1.87 bits per heavy atom. The highest BCUT2D eigenvalue weighted by Gasteiger charge is 2.30. The van der Waals surface area contributed by atoms with Gasteiger partial charge in [-0.1, -0.05) is 30.7 Å². The molecule has 3 rings (SSSR count). The van der Waals surface area contributed by atoms with E-state index in [2.05, 4.69) is 11.9 Å². The topological polar surface area (TPSA) is 98.0 Å². The predicted molar refractivity (Wildman–Crippen MR) is 112 cm³/mol. The summed E-state index contributed by atoms with van der Waals surface area (Å²) in [5, 5.41) is 0. The molecule has 0 N–H and O–H groups in total. The zero-order valence-corrected chi connectivity index (χ0v) is 18.0. The molecule has 160 valence electrons. The molecule has 0 spiro atoms. The third-order valence-corrected chi connectivity index (χ3v) is 5.87. The molecule has 1 aliphatic heterocycles. The summed E-state index contributed by atoms with van der Waals surface area (Å²) in [7, 11) is 0. The van der Waals surface area contributed by atoms with Crippen molar-refractivity contribution < 1.29 is 23.9 Å². The number of unbranched alkanes of at least 4 members (excludes halogenated alkanes) is 1. The van der Waals surface area contributed by atoms with Crippen molar-refractivity contribution in [2.24, 2.45) is 4.99 Å². The molecule has 1 aromatic carbocycles. The molecule has 2 heterocycles. The van der Waals surface area contributed by atoms with Crippen molar-refractivity contribution in [2.75, 3.05) is 13.2 Å². The Morgan fingerprint density at radius 3 is 2.53 bits per heavy atom. The number of ether oxygens (including phenoxy) is 1. The van der Waals surface area contributed by atoms with Gasteiger partial charge in [0.05, 0.1) is 16.8 Å². The van der Waals surface area contributed by atoms with Crippen LogP contribution in [0.3, 0.4) is 0 Å². The molecule has 1 aliphatic rings. The summed E-state index contributed by atoms with van der Waals surface area (Å²) < 4.78 is 7.61. The molecule has 1 fully saturated rings. The zero-order chi connectivity index (χ0) is 21.7. The Hall–Kier alpha value is -2.81. The minimum atomic E-state index is -0.603. The van der Waals surface area contributed by atoms with Crippen molar-refractivity contribution in [3.63, 3.8) is 0 Å². The number of nitrogens with zero attached hydrogens (tertiary/aromatic N) is 3. The van der Waals surface area contributed by atoms with Gasteiger partial charge in [-0.15, -0.1) is 0 Å². The zero-order valence-electron chi connectivity index (χ0n) is 17.2. The van der Waals surface area contributed by atoms with Gasteiger partial charge in [-0.3, -0.25) is 24.1 Å². The van der Waals surface area contributed by atoms with E-state index < -0.39 is 11.9 Å². The maximum atomic E-state index is 12.5. The van der Waals surface area contributed by atoms with E-state index in [-0.39, 0.29) is 44.4 Å². The number of fused-ring (bicyclic) bond motifs is 1. The van der Waals surface area contributed by atoms with Gasteiger partial charge >= 0.3 is 5.97 Å². The third-order valence-electron chi connectivity index (χ3n) is 4.83. The van der Waals surface area contributed by atoms with Crippen LogP contribution >= 0.6 is 11.3 Å². The summed E-state index contributed by atoms with van der Waals surface area (Å²) in [6, 6.07) is 5.99. The fourth-order valence-electron chi connectivity index (χ4n) is 3.30. The molecule has 0 radical (unpaired) electrons. The van der Waals surface area contributed by atoms with E-state index in [1.807, 2.05) is 18.2 Å². The average molecular weight is 432 g/mol. The highest BCUT2D eigenvalue weighted by molar-refractivity contribution is 7.16. The first-order chi connectivity index (χ1) is 14.4. The van der Waals surface area contributed by atoms with Crippen LogP contribution in [-0.2, 0) is 36.9 Å². The van der Waals surface area contributed by atoms with Gasteiger partial charge in [0, 0.05) is 12.8 Å². The van der Waals surface area contributed by atoms with Crippen molar-refractivity contribution in [3.8, 4) is 0 Å². The van der Waals surface area contributed by atoms with Crippen molar-refractivity contribution in [1.82, 2.24) is 9.47 Å². The van der Waals surface area contributed by atoms with Gasteiger partial charge in [-0.2, -0.15) is 4.99 Å². The smallest absolute Gasteiger partial charge is 0.326 e. The number of aryl methyl sites for hydroxylation is 1. The molecule has 9 heteroatoms. The second kappa shape index (κ2) is 9.80. The minimum Gasteiger partial charge on any atom is -0.465 e. The van der Waals surface area contributed by atoms with Crippen LogP contribution in [0.4, 0.5) is 0 Å². The van der Waals surface area contributed by atoms with Gasteiger partial charge in [0.2, 0.25) is 11.8 Å². The van der Waals surface area contributed by atoms with Crippen molar-refractivity contribution in [3.05, 3.63) is 28.6 Å². The lowest BCUT2D eigenvalue weighted by molar-refractivity contribution is -0.144. The lowest BCUT2D eigenvalue weighted by atomic mass is 10.1. The fourth-order valence-corrected chi connectivity index (χ4v) is 4.41. The highest BCUT2D eigenvalue weighted by Crippen LogP contribution is 2.21. The average Bonchev–Trinajstić information content (AvgIpc) is 3.20. The molecule has 0 aliphatic carbocycles. The number of thiazole rings is 1. The van der Waals surface area contributed by atoms with Gasteiger partial charge < -0.3 is 9.30 Å². The summed E-state index contributed by atoms with van der Waals surface area (Å²) in [5.41, 5.74) is 1.97. The van der Waals surface area contributed by atoms with E-state index >= 15 is 0 Å². The lowest BCUT2D eigenvalue weighted by Gasteiger charge is -2.10. The molecule has 1 saturated heterocycles. The monoisotopic (exact) mass is 431 g/mol. The van der Waals surface area contributed by atoms with Crippen LogP contribution in [0.25, 0.3) is 10.2 Å². The maximum Gasteiger partial charge on any atom is 0.326 e. The Labute approximate surface area is 178 Å². The summed E-state index contributed by atoms with van der Waals surface area (Å²) in [6.07, 6.45) is 3.37. The quantitative estimate of drug-likeness (QED) is 0.471. The Morgan fingerprint density at radius 1 is 1.13 bits per heavy atom. The lowest BCUT2D eigenvalue weighted by Crippen LogP contribution is -2.34. The van der Waals surface area contributed by atoms with E-state index in [9.17, 15) is 19.2 Å². The number of aromatic nitrogens is 1. The first kappa shape index (κ1) is 21.9. The van der Waals surface area contributed by atoms with Crippen LogP contribution in [-0.4, -0.2) is 46.3 Å². The second-order valence-electron chi connectivity index (χ2n) is 7.06. The van der Waals surface area contributed by atoms with E-state index in [1.54, 1.807) is 11.5 Å². The molecule has 1 aromatic heterocycles. The van der Waals surface area contributed by atoms with E-state index in [1.165, 1.54) is 16.9 Å². The molecule has 0 bridgehead atoms. The molecule has 8 nitrogen and oxygen atoms in total. The Balaban J connectivity index is 1.96. The van der Waals surface area contributed by atoms with E-state index in [0.29, 0.717) is 4.80 Å². The highest BCUT2D eigenvalue weighted by atomic mass is 32.1. The largest absolute Gasteiger partial charge is 0.465 e. The van der Waals surface area contributed by atoms with E-state index in [4.69, 9.17) is 4.74 Å². The van der Waals surface area contributed by atoms with Gasteiger partial charge in [0.25, 0.3) is 5.91 Å². The SMILES string of the molecule is CCCCc1ccc2c(c1)sc(=NC(=O)CN1C(=O)CCC1=O)n2CC(=O)OCC. The van der Waals surface area contributed by atoms with Gasteiger partial charge in [0.15, 0.2) is 4.80 Å². The number of hydrogen-bond acceptors (Lipinski definition) is 6. The molecule has 0 atom stereocenters. The van der Waals surface area contributed by atoms with Crippen LogP contribution in [0.1, 0.15) is 45.1 Å². The first-order valence-electron chi connectivity index (χ1n) is 10.1. The standard InChI is InChI=1S/C21H25N3O5S/c1-3-5-6-14-7-8-15-16(11-14)30-21(23(15)13-20(28)29-4-2)22-17(25)12-24-18(26)9-10-19(24)27/h7-8,11H,3-6,9-10,12-13H2,1-2H3. The van der Waals surface area contributed by atoms with Crippen molar-refractivity contribution in [2.45, 2.75) is 52.5 Å². The van der Waals surface area contributed by atoms with Crippen LogP contribution in [0.15, 0.2) is 23.2 Å². The fraction of sp³-hybridized carbons (Fsp3) is 0.476. The van der Waals surface area contributed by atoms with Crippen molar-refractivity contribution >= 4 is 45.2 Å². The summed E-state index contributed by atoms with van der Waals surface area (Å²) in [6.45, 7) is 3.67. The number of carbonyl (C=O) groups excluding carboxylic acids is 4. The summed E-state index contributed by atoms with van der Waals surface area (Å²) in [4.78, 5) is 53.5. The number of carbonyl (C=O) groups is 4. The number of likely N-dealkylation sites (tertiary alicyclic amines) is 1. The number of imide groups is 1. The third kappa shape index (κ3) is 5.02. The van der Waals surface area contributed by atoms with Crippen LogP contribution in [0, 0.1) is 0 Å². The maximum absolute atomic E-state index is 12.5. The number of esters is 1. The normalized spacial score (nSPS) is 14.7. The minimum absolute atomic E-state index is 0.0736. The van der Waals surface area contributed by atoms with Crippen LogP contribution < -0.4 is 4.80 Å². The summed E-state index contributed by atoms with van der Waals surface area (Å²) >= 11 is 1.30. The second-order valence-corrected chi connectivity index (χ2v) is 8.07. The number of rotatable bonds is 8. The molecule has 0 unspecified atom stereocenters. The summed E-state index contributed by atoms with van der Waals surface area (Å²) in [5.74, 6) is -1.75. The first-order valence-corrected chi connectivity index (χ1v) is 10.9. The Bertz CT molecular complexity index is 1040. The number of amides is 3. The van der Waals surface area contributed by atoms with Gasteiger partial charge in [0.1, 0.15) is 13.1 Å². The molecule has 2 aromatic rings. The predicted octanol–water partition coefficient (Wildman–Crippen LogP) is 2.18. The Kier molecular flexibility index (Phi) is 7.15. The molecular formula is C21H25N3O5S. The molecule has 3 amide bonds. The van der Waals surface area contributed by atoms with Crippen LogP contribution in [0.5, 0.6) is 0 Å².